The zero-order chi connectivity index (χ0) is 9.26. The number of aromatic nitrogens is 4. The molecule has 2 heterocycles. The van der Waals surface area contributed by atoms with E-state index in [1.54, 1.807) is 6.20 Å². The topological polar surface area (TPSA) is 54.5 Å². The number of rotatable bonds is 1. The van der Waals surface area contributed by atoms with E-state index < -0.39 is 0 Å². The van der Waals surface area contributed by atoms with Crippen molar-refractivity contribution in [2.45, 2.75) is 6.92 Å². The summed E-state index contributed by atoms with van der Waals surface area (Å²) in [6.07, 6.45) is 1.71. The molecular weight excluding hydrogens is 232 g/mol. The Bertz CT molecular complexity index is 424. The minimum atomic E-state index is 0.616. The maximum absolute atomic E-state index is 4.18. The van der Waals surface area contributed by atoms with Crippen LogP contribution in [0.4, 0.5) is 0 Å². The zero-order valence-electron chi connectivity index (χ0n) is 6.95. The van der Waals surface area contributed by atoms with Crippen LogP contribution < -0.4 is 0 Å². The highest BCUT2D eigenvalue weighted by Gasteiger charge is 2.07. The van der Waals surface area contributed by atoms with Crippen LogP contribution in [0.15, 0.2) is 22.8 Å². The van der Waals surface area contributed by atoms with E-state index in [-0.39, 0.29) is 0 Å². The molecule has 2 aromatic rings. The molecule has 0 fully saturated rings. The van der Waals surface area contributed by atoms with Crippen molar-refractivity contribution in [2.75, 3.05) is 0 Å². The van der Waals surface area contributed by atoms with E-state index in [9.17, 15) is 0 Å². The van der Waals surface area contributed by atoms with Gasteiger partial charge in [-0.1, -0.05) is 0 Å². The number of aromatic amines is 1. The summed E-state index contributed by atoms with van der Waals surface area (Å²) in [6.45, 7) is 1.85. The number of hydrogen-bond acceptors (Lipinski definition) is 3. The third-order valence-corrected chi connectivity index (χ3v) is 2.21. The van der Waals surface area contributed by atoms with Crippen LogP contribution in [-0.4, -0.2) is 20.2 Å². The maximum atomic E-state index is 4.18. The highest BCUT2D eigenvalue weighted by molar-refractivity contribution is 9.10. The molecule has 5 heteroatoms. The zero-order valence-corrected chi connectivity index (χ0v) is 8.54. The molecule has 0 aliphatic carbocycles. The van der Waals surface area contributed by atoms with Gasteiger partial charge in [-0.2, -0.15) is 5.10 Å². The van der Waals surface area contributed by atoms with Gasteiger partial charge >= 0.3 is 0 Å². The summed E-state index contributed by atoms with van der Waals surface area (Å²) < 4.78 is 0.897. The summed E-state index contributed by atoms with van der Waals surface area (Å²) in [5.74, 6) is 1.40. The van der Waals surface area contributed by atoms with Gasteiger partial charge < -0.3 is 0 Å². The Morgan fingerprint density at radius 1 is 1.46 bits per heavy atom. The lowest BCUT2D eigenvalue weighted by molar-refractivity contribution is 1.04. The van der Waals surface area contributed by atoms with Crippen molar-refractivity contribution in [3.05, 3.63) is 28.6 Å². The van der Waals surface area contributed by atoms with Gasteiger partial charge in [0.2, 0.25) is 5.82 Å². The molecular formula is C8H7BrN4. The van der Waals surface area contributed by atoms with E-state index in [1.165, 1.54) is 0 Å². The number of nitrogens with one attached hydrogen (secondary N) is 1. The average molecular weight is 239 g/mol. The number of pyridine rings is 1. The molecule has 0 aromatic carbocycles. The molecule has 0 radical (unpaired) electrons. The normalized spacial score (nSPS) is 10.3. The van der Waals surface area contributed by atoms with Crippen LogP contribution in [0.5, 0.6) is 0 Å². The molecule has 0 saturated heterocycles. The van der Waals surface area contributed by atoms with Gasteiger partial charge in [0.25, 0.3) is 0 Å². The van der Waals surface area contributed by atoms with E-state index in [2.05, 4.69) is 36.1 Å². The fraction of sp³-hybridized carbons (Fsp3) is 0.125. The summed E-state index contributed by atoms with van der Waals surface area (Å²) >= 11 is 3.39. The summed E-state index contributed by atoms with van der Waals surface area (Å²) in [4.78, 5) is 8.35. The predicted molar refractivity (Wildman–Crippen MR) is 52.1 cm³/mol. The molecule has 0 bridgehead atoms. The van der Waals surface area contributed by atoms with Gasteiger partial charge in [0, 0.05) is 10.7 Å². The lowest BCUT2D eigenvalue weighted by Crippen LogP contribution is -1.86. The molecule has 0 saturated carbocycles. The van der Waals surface area contributed by atoms with Crippen LogP contribution in [0, 0.1) is 6.92 Å². The number of nitrogens with zero attached hydrogens (tertiary/aromatic N) is 3. The largest absolute Gasteiger partial charge is 0.263 e. The van der Waals surface area contributed by atoms with Crippen LogP contribution in [0.25, 0.3) is 11.5 Å². The van der Waals surface area contributed by atoms with Gasteiger partial charge in [0.15, 0.2) is 0 Å². The molecule has 2 aromatic heterocycles. The van der Waals surface area contributed by atoms with Crippen LogP contribution in [0.3, 0.4) is 0 Å². The second-order valence-corrected chi connectivity index (χ2v) is 3.43. The fourth-order valence-corrected chi connectivity index (χ4v) is 1.43. The van der Waals surface area contributed by atoms with Crippen molar-refractivity contribution in [1.29, 1.82) is 0 Å². The number of hydrogen-bond donors (Lipinski definition) is 1. The standard InChI is InChI=1S/C8H7BrN4/c1-5-11-8(13-12-5)7-6(9)3-2-4-10-7/h2-4H,1H3,(H,11,12,13). The molecule has 0 aliphatic heterocycles. The second-order valence-electron chi connectivity index (χ2n) is 2.58. The first kappa shape index (κ1) is 8.37. The van der Waals surface area contributed by atoms with Crippen molar-refractivity contribution < 1.29 is 0 Å². The SMILES string of the molecule is Cc1nc(-c2ncccc2Br)n[nH]1. The highest BCUT2D eigenvalue weighted by Crippen LogP contribution is 2.21. The van der Waals surface area contributed by atoms with Gasteiger partial charge in [-0.05, 0) is 35.0 Å². The molecule has 1 N–H and O–H groups in total. The van der Waals surface area contributed by atoms with Crippen LogP contribution in [-0.2, 0) is 0 Å². The lowest BCUT2D eigenvalue weighted by atomic mass is 10.3. The van der Waals surface area contributed by atoms with Crippen molar-refractivity contribution in [1.82, 2.24) is 20.2 Å². The monoisotopic (exact) mass is 238 g/mol. The number of H-pyrrole nitrogens is 1. The van der Waals surface area contributed by atoms with Crippen molar-refractivity contribution >= 4 is 15.9 Å². The van der Waals surface area contributed by atoms with E-state index in [1.807, 2.05) is 19.1 Å². The number of halogens is 1. The summed E-state index contributed by atoms with van der Waals surface area (Å²) in [7, 11) is 0. The highest BCUT2D eigenvalue weighted by atomic mass is 79.9. The quantitative estimate of drug-likeness (QED) is 0.827. The Morgan fingerprint density at radius 2 is 2.31 bits per heavy atom. The minimum Gasteiger partial charge on any atom is -0.263 e. The maximum Gasteiger partial charge on any atom is 0.200 e. The van der Waals surface area contributed by atoms with E-state index >= 15 is 0 Å². The molecule has 66 valence electrons. The Balaban J connectivity index is 2.52. The number of aryl methyl sites for hydroxylation is 1. The molecule has 0 spiro atoms. The van der Waals surface area contributed by atoms with Crippen molar-refractivity contribution in [2.24, 2.45) is 0 Å². The first-order chi connectivity index (χ1) is 6.27. The Hall–Kier alpha value is -1.23. The van der Waals surface area contributed by atoms with Gasteiger partial charge in [-0.25, -0.2) is 4.98 Å². The van der Waals surface area contributed by atoms with E-state index in [4.69, 9.17) is 0 Å². The van der Waals surface area contributed by atoms with Crippen LogP contribution in [0.2, 0.25) is 0 Å². The van der Waals surface area contributed by atoms with Crippen molar-refractivity contribution in [3.8, 4) is 11.5 Å². The molecule has 0 amide bonds. The molecule has 0 aliphatic rings. The fourth-order valence-electron chi connectivity index (χ4n) is 0.999. The van der Waals surface area contributed by atoms with Gasteiger partial charge in [0.05, 0.1) is 0 Å². The van der Waals surface area contributed by atoms with E-state index in [0.717, 1.165) is 16.0 Å². The Kier molecular flexibility index (Phi) is 2.10. The Labute approximate surface area is 83.6 Å². The van der Waals surface area contributed by atoms with Crippen molar-refractivity contribution in [3.63, 3.8) is 0 Å². The van der Waals surface area contributed by atoms with Gasteiger partial charge in [-0.15, -0.1) is 0 Å². The summed E-state index contributed by atoms with van der Waals surface area (Å²) in [5, 5.41) is 6.79. The summed E-state index contributed by atoms with van der Waals surface area (Å²) in [5.41, 5.74) is 0.756. The van der Waals surface area contributed by atoms with Crippen LogP contribution >= 0.6 is 15.9 Å². The molecule has 13 heavy (non-hydrogen) atoms. The third kappa shape index (κ3) is 1.60. The van der Waals surface area contributed by atoms with Gasteiger partial charge in [-0.3, -0.25) is 10.1 Å². The van der Waals surface area contributed by atoms with Gasteiger partial charge in [0.1, 0.15) is 11.5 Å². The predicted octanol–water partition coefficient (Wildman–Crippen LogP) is 1.94. The second kappa shape index (κ2) is 3.26. The minimum absolute atomic E-state index is 0.616. The molecule has 2 rings (SSSR count). The van der Waals surface area contributed by atoms with Crippen LogP contribution in [0.1, 0.15) is 5.82 Å². The molecule has 4 nitrogen and oxygen atoms in total. The summed E-state index contributed by atoms with van der Waals surface area (Å²) in [6, 6.07) is 3.77. The molecule has 0 atom stereocenters. The first-order valence-corrected chi connectivity index (χ1v) is 4.56. The smallest absolute Gasteiger partial charge is 0.200 e. The third-order valence-electron chi connectivity index (χ3n) is 1.57. The lowest BCUT2D eigenvalue weighted by Gasteiger charge is -1.95. The molecule has 0 unspecified atom stereocenters. The Morgan fingerprint density at radius 3 is 2.92 bits per heavy atom. The van der Waals surface area contributed by atoms with E-state index in [0.29, 0.717) is 5.82 Å². The first-order valence-electron chi connectivity index (χ1n) is 3.77. The average Bonchev–Trinajstić information content (AvgIpc) is 2.53.